The van der Waals surface area contributed by atoms with Crippen LogP contribution in [0.1, 0.15) is 23.5 Å². The van der Waals surface area contributed by atoms with E-state index in [-0.39, 0.29) is 11.3 Å². The lowest BCUT2D eigenvalue weighted by Gasteiger charge is -2.21. The minimum Gasteiger partial charge on any atom is -0.326 e. The summed E-state index contributed by atoms with van der Waals surface area (Å²) in [7, 11) is 0. The molecule has 2 aromatic rings. The van der Waals surface area contributed by atoms with Crippen LogP contribution in [0, 0.1) is 11.6 Å². The molecule has 2 unspecified atom stereocenters. The molecule has 0 amide bonds. The van der Waals surface area contributed by atoms with Gasteiger partial charge in [0.05, 0.1) is 5.25 Å². The summed E-state index contributed by atoms with van der Waals surface area (Å²) >= 11 is 2.96. The van der Waals surface area contributed by atoms with Gasteiger partial charge in [-0.3, -0.25) is 0 Å². The SMILES string of the molecule is CCC(N)C(Sc1ccc(F)cc1F)c1cccs1. The number of halogens is 2. The Kier molecular flexibility index (Phi) is 4.96. The summed E-state index contributed by atoms with van der Waals surface area (Å²) in [6, 6.07) is 7.54. The van der Waals surface area contributed by atoms with Gasteiger partial charge in [-0.05, 0) is 30.0 Å². The number of benzene rings is 1. The Labute approximate surface area is 119 Å². The second-order valence-corrected chi connectivity index (χ2v) is 6.36. The van der Waals surface area contributed by atoms with Gasteiger partial charge >= 0.3 is 0 Å². The molecule has 0 bridgehead atoms. The molecule has 0 saturated heterocycles. The molecular formula is C14H15F2NS2. The van der Waals surface area contributed by atoms with Gasteiger partial charge in [-0.2, -0.15) is 0 Å². The van der Waals surface area contributed by atoms with Crippen LogP contribution in [0.5, 0.6) is 0 Å². The Morgan fingerprint density at radius 2 is 2.11 bits per heavy atom. The Morgan fingerprint density at radius 3 is 2.68 bits per heavy atom. The molecule has 0 saturated carbocycles. The maximum Gasteiger partial charge on any atom is 0.139 e. The van der Waals surface area contributed by atoms with Gasteiger partial charge in [-0.25, -0.2) is 8.78 Å². The largest absolute Gasteiger partial charge is 0.326 e. The lowest BCUT2D eigenvalue weighted by atomic mass is 10.1. The normalized spacial score (nSPS) is 14.3. The van der Waals surface area contributed by atoms with Crippen LogP contribution in [0.4, 0.5) is 8.78 Å². The van der Waals surface area contributed by atoms with E-state index in [0.717, 1.165) is 17.4 Å². The van der Waals surface area contributed by atoms with Crippen molar-refractivity contribution in [2.75, 3.05) is 0 Å². The Hall–Kier alpha value is -0.910. The lowest BCUT2D eigenvalue weighted by Crippen LogP contribution is -2.25. The third kappa shape index (κ3) is 3.55. The van der Waals surface area contributed by atoms with Crippen molar-refractivity contribution in [2.45, 2.75) is 29.5 Å². The molecule has 5 heteroatoms. The molecule has 1 aromatic heterocycles. The zero-order valence-electron chi connectivity index (χ0n) is 10.5. The van der Waals surface area contributed by atoms with Crippen molar-refractivity contribution in [1.82, 2.24) is 0 Å². The molecule has 102 valence electrons. The fourth-order valence-corrected chi connectivity index (χ4v) is 3.98. The number of thiophene rings is 1. The van der Waals surface area contributed by atoms with Crippen molar-refractivity contribution in [3.8, 4) is 0 Å². The summed E-state index contributed by atoms with van der Waals surface area (Å²) in [6.45, 7) is 2.01. The molecule has 1 heterocycles. The second-order valence-electron chi connectivity index (χ2n) is 4.20. The standard InChI is InChI=1S/C14H15F2NS2/c1-2-11(17)14(13-4-3-7-18-13)19-12-6-5-9(15)8-10(12)16/h3-8,11,14H,2,17H2,1H3. The summed E-state index contributed by atoms with van der Waals surface area (Å²) < 4.78 is 26.6. The van der Waals surface area contributed by atoms with E-state index in [1.165, 1.54) is 23.9 Å². The van der Waals surface area contributed by atoms with Crippen LogP contribution in [0.25, 0.3) is 0 Å². The van der Waals surface area contributed by atoms with Crippen molar-refractivity contribution >= 4 is 23.1 Å². The molecule has 2 atom stereocenters. The van der Waals surface area contributed by atoms with Crippen LogP contribution >= 0.6 is 23.1 Å². The van der Waals surface area contributed by atoms with E-state index in [1.54, 1.807) is 11.3 Å². The monoisotopic (exact) mass is 299 g/mol. The van der Waals surface area contributed by atoms with E-state index < -0.39 is 11.6 Å². The van der Waals surface area contributed by atoms with E-state index in [0.29, 0.717) is 4.90 Å². The molecule has 19 heavy (non-hydrogen) atoms. The molecule has 0 radical (unpaired) electrons. The highest BCUT2D eigenvalue weighted by atomic mass is 32.2. The Morgan fingerprint density at radius 1 is 1.32 bits per heavy atom. The van der Waals surface area contributed by atoms with Gasteiger partial charge in [0.25, 0.3) is 0 Å². The third-order valence-corrected chi connectivity index (χ3v) is 5.38. The third-order valence-electron chi connectivity index (χ3n) is 2.83. The van der Waals surface area contributed by atoms with Crippen molar-refractivity contribution in [3.05, 3.63) is 52.2 Å². The van der Waals surface area contributed by atoms with E-state index in [1.807, 2.05) is 24.4 Å². The van der Waals surface area contributed by atoms with Crippen molar-refractivity contribution < 1.29 is 8.78 Å². The lowest BCUT2D eigenvalue weighted by molar-refractivity contribution is 0.564. The van der Waals surface area contributed by atoms with Crippen LogP contribution < -0.4 is 5.73 Å². The zero-order valence-corrected chi connectivity index (χ0v) is 12.1. The minimum atomic E-state index is -0.561. The first-order valence-corrected chi connectivity index (χ1v) is 7.78. The average Bonchev–Trinajstić information content (AvgIpc) is 2.91. The number of hydrogen-bond acceptors (Lipinski definition) is 3. The molecule has 0 fully saturated rings. The van der Waals surface area contributed by atoms with Crippen LogP contribution in [-0.2, 0) is 0 Å². The summed E-state index contributed by atoms with van der Waals surface area (Å²) in [6.07, 6.45) is 0.804. The first-order chi connectivity index (χ1) is 9.11. The first-order valence-electron chi connectivity index (χ1n) is 6.02. The van der Waals surface area contributed by atoms with Gasteiger partial charge in [-0.15, -0.1) is 23.1 Å². The predicted molar refractivity (Wildman–Crippen MR) is 77.5 cm³/mol. The molecule has 0 aliphatic carbocycles. The molecule has 2 rings (SSSR count). The molecular weight excluding hydrogens is 284 g/mol. The summed E-state index contributed by atoms with van der Waals surface area (Å²) in [5.74, 6) is -1.09. The maximum atomic E-state index is 13.7. The summed E-state index contributed by atoms with van der Waals surface area (Å²) in [5, 5.41) is 1.97. The van der Waals surface area contributed by atoms with Gasteiger partial charge in [0, 0.05) is 21.9 Å². The molecule has 0 spiro atoms. The highest BCUT2D eigenvalue weighted by Crippen LogP contribution is 2.41. The average molecular weight is 299 g/mol. The smallest absolute Gasteiger partial charge is 0.139 e. The van der Waals surface area contributed by atoms with Crippen LogP contribution in [0.3, 0.4) is 0 Å². The quantitative estimate of drug-likeness (QED) is 0.817. The predicted octanol–water partition coefficient (Wildman–Crippen LogP) is 4.60. The Bertz CT molecular complexity index is 528. The summed E-state index contributed by atoms with van der Waals surface area (Å²) in [5.41, 5.74) is 6.13. The van der Waals surface area contributed by atoms with Crippen LogP contribution in [0.2, 0.25) is 0 Å². The topological polar surface area (TPSA) is 26.0 Å². The van der Waals surface area contributed by atoms with Crippen LogP contribution in [-0.4, -0.2) is 6.04 Å². The van der Waals surface area contributed by atoms with E-state index in [9.17, 15) is 8.78 Å². The highest BCUT2D eigenvalue weighted by Gasteiger charge is 2.22. The molecule has 1 nitrogen and oxygen atoms in total. The number of nitrogens with two attached hydrogens (primary N) is 1. The highest BCUT2D eigenvalue weighted by molar-refractivity contribution is 7.99. The number of hydrogen-bond donors (Lipinski definition) is 1. The van der Waals surface area contributed by atoms with Gasteiger partial charge < -0.3 is 5.73 Å². The second kappa shape index (κ2) is 6.50. The first kappa shape index (κ1) is 14.5. The van der Waals surface area contributed by atoms with E-state index in [2.05, 4.69) is 0 Å². The summed E-state index contributed by atoms with van der Waals surface area (Å²) in [4.78, 5) is 1.55. The van der Waals surface area contributed by atoms with E-state index >= 15 is 0 Å². The number of thioether (sulfide) groups is 1. The maximum absolute atomic E-state index is 13.7. The van der Waals surface area contributed by atoms with Crippen LogP contribution in [0.15, 0.2) is 40.6 Å². The number of rotatable bonds is 5. The molecule has 0 aliphatic rings. The minimum absolute atomic E-state index is 0.00930. The molecule has 2 N–H and O–H groups in total. The fourth-order valence-electron chi connectivity index (χ4n) is 1.73. The Balaban J connectivity index is 2.25. The van der Waals surface area contributed by atoms with Crippen molar-refractivity contribution in [2.24, 2.45) is 5.73 Å². The molecule has 0 aliphatic heterocycles. The van der Waals surface area contributed by atoms with E-state index in [4.69, 9.17) is 5.73 Å². The van der Waals surface area contributed by atoms with Gasteiger partial charge in [0.15, 0.2) is 0 Å². The zero-order chi connectivity index (χ0) is 13.8. The van der Waals surface area contributed by atoms with Gasteiger partial charge in [0.1, 0.15) is 11.6 Å². The van der Waals surface area contributed by atoms with Gasteiger partial charge in [-0.1, -0.05) is 13.0 Å². The van der Waals surface area contributed by atoms with Crippen molar-refractivity contribution in [3.63, 3.8) is 0 Å². The van der Waals surface area contributed by atoms with Gasteiger partial charge in [0.2, 0.25) is 0 Å². The van der Waals surface area contributed by atoms with Crippen molar-refractivity contribution in [1.29, 1.82) is 0 Å². The fraction of sp³-hybridized carbons (Fsp3) is 0.286. The molecule has 1 aromatic carbocycles.